The topological polar surface area (TPSA) is 8.17 Å². The predicted molar refractivity (Wildman–Crippen MR) is 282 cm³/mol. The molecule has 0 aliphatic heterocycles. The number of hydrogen-bond acceptors (Lipinski definition) is 1. The quantitative estimate of drug-likeness (QED) is 0.145. The Labute approximate surface area is 383 Å². The van der Waals surface area contributed by atoms with Crippen LogP contribution >= 0.6 is 0 Å². The van der Waals surface area contributed by atoms with Crippen molar-refractivity contribution >= 4 is 82.0 Å². The van der Waals surface area contributed by atoms with Crippen LogP contribution in [0.1, 0.15) is 0 Å². The van der Waals surface area contributed by atoms with Crippen molar-refractivity contribution < 1.29 is 0 Å². The van der Waals surface area contributed by atoms with Crippen molar-refractivity contribution in [3.8, 4) is 39.1 Å². The Morgan fingerprint density at radius 2 is 0.727 bits per heavy atom. The van der Waals surface area contributed by atoms with Gasteiger partial charge in [-0.15, -0.1) is 0 Å². The second-order valence-corrected chi connectivity index (χ2v) is 17.2. The molecule has 0 amide bonds. The van der Waals surface area contributed by atoms with Crippen LogP contribution in [-0.2, 0) is 0 Å². The number of fused-ring (bicyclic) bond motifs is 9. The molecular formula is C64H42N2. The second kappa shape index (κ2) is 15.5. The Morgan fingerprint density at radius 3 is 1.32 bits per heavy atom. The molecule has 0 bridgehead atoms. The number of para-hydroxylation sites is 2. The van der Waals surface area contributed by atoms with E-state index in [9.17, 15) is 0 Å². The smallest absolute Gasteiger partial charge is 0.0547 e. The van der Waals surface area contributed by atoms with Gasteiger partial charge in [-0.25, -0.2) is 0 Å². The third-order valence-corrected chi connectivity index (χ3v) is 13.5. The number of hydrogen-bond donors (Lipinski definition) is 0. The minimum Gasteiger partial charge on any atom is -0.310 e. The fourth-order valence-electron chi connectivity index (χ4n) is 10.5. The SMILES string of the molecule is c1ccc(-n2c3ccccc3c3c(-c4cccc(N(c5ccc(-c6cc7ccccc7c7ccccc67)cc5)c5ccc(-c6cc7ccccc7c7ccccc67)cc5)c4)cccc32)cc1. The van der Waals surface area contributed by atoms with Gasteiger partial charge in [0.1, 0.15) is 0 Å². The number of benzene rings is 12. The van der Waals surface area contributed by atoms with Crippen LogP contribution in [0.4, 0.5) is 17.1 Å². The van der Waals surface area contributed by atoms with Crippen molar-refractivity contribution in [2.45, 2.75) is 0 Å². The second-order valence-electron chi connectivity index (χ2n) is 17.2. The Morgan fingerprint density at radius 1 is 0.258 bits per heavy atom. The van der Waals surface area contributed by atoms with E-state index >= 15 is 0 Å². The predicted octanol–water partition coefficient (Wildman–Crippen LogP) is 17.9. The zero-order valence-electron chi connectivity index (χ0n) is 36.1. The van der Waals surface area contributed by atoms with Gasteiger partial charge in [-0.2, -0.15) is 0 Å². The molecule has 308 valence electrons. The largest absolute Gasteiger partial charge is 0.310 e. The number of nitrogens with zero attached hydrogens (tertiary/aromatic N) is 2. The van der Waals surface area contributed by atoms with Gasteiger partial charge in [-0.1, -0.05) is 182 Å². The van der Waals surface area contributed by atoms with E-state index < -0.39 is 0 Å². The average Bonchev–Trinajstić information content (AvgIpc) is 3.74. The van der Waals surface area contributed by atoms with Crippen LogP contribution in [0, 0.1) is 0 Å². The monoisotopic (exact) mass is 838 g/mol. The third kappa shape index (κ3) is 6.18. The molecule has 0 aliphatic carbocycles. The highest BCUT2D eigenvalue weighted by Crippen LogP contribution is 2.44. The fourth-order valence-corrected chi connectivity index (χ4v) is 10.5. The summed E-state index contributed by atoms with van der Waals surface area (Å²) in [6.07, 6.45) is 0. The van der Waals surface area contributed by atoms with Gasteiger partial charge in [0, 0.05) is 33.5 Å². The Balaban J connectivity index is 0.971. The van der Waals surface area contributed by atoms with Gasteiger partial charge in [-0.05, 0) is 149 Å². The van der Waals surface area contributed by atoms with Crippen LogP contribution in [0.15, 0.2) is 255 Å². The Bertz CT molecular complexity index is 3810. The molecule has 66 heavy (non-hydrogen) atoms. The standard InChI is InChI=1S/C64H42N2/c1-2-19-48(20-3-1)66-62-30-13-12-28-59(62)64-54(29-15-31-63(64)66)45-18-14-21-51(40-45)65(49-36-32-43(33-37-49)60-41-46-16-4-6-22-52(46)55-24-8-10-26-57(55)60)50-38-34-44(35-39-50)61-42-47-17-5-7-23-53(47)56-25-9-11-27-58(56)61/h1-42H. The zero-order valence-corrected chi connectivity index (χ0v) is 36.1. The van der Waals surface area contributed by atoms with Crippen molar-refractivity contribution in [2.75, 3.05) is 4.90 Å². The van der Waals surface area contributed by atoms with E-state index in [2.05, 4.69) is 264 Å². The van der Waals surface area contributed by atoms with Crippen molar-refractivity contribution in [3.05, 3.63) is 255 Å². The van der Waals surface area contributed by atoms with Crippen molar-refractivity contribution in [1.82, 2.24) is 4.57 Å². The summed E-state index contributed by atoms with van der Waals surface area (Å²) in [6, 6.07) is 93.3. The first-order chi connectivity index (χ1) is 32.7. The first-order valence-corrected chi connectivity index (χ1v) is 22.8. The van der Waals surface area contributed by atoms with Gasteiger partial charge < -0.3 is 9.47 Å². The van der Waals surface area contributed by atoms with Crippen molar-refractivity contribution in [2.24, 2.45) is 0 Å². The molecule has 0 radical (unpaired) electrons. The number of rotatable bonds is 7. The van der Waals surface area contributed by atoms with Crippen LogP contribution in [0.2, 0.25) is 0 Å². The maximum Gasteiger partial charge on any atom is 0.0547 e. The minimum atomic E-state index is 1.09. The molecule has 0 spiro atoms. The number of anilines is 3. The fraction of sp³-hybridized carbons (Fsp3) is 0. The first-order valence-electron chi connectivity index (χ1n) is 22.8. The molecule has 0 fully saturated rings. The normalized spacial score (nSPS) is 11.6. The molecule has 0 aliphatic rings. The molecule has 0 atom stereocenters. The highest BCUT2D eigenvalue weighted by atomic mass is 15.1. The molecule has 0 saturated heterocycles. The summed E-state index contributed by atoms with van der Waals surface area (Å²) >= 11 is 0. The molecule has 1 aromatic heterocycles. The van der Waals surface area contributed by atoms with E-state index in [1.165, 1.54) is 92.7 Å². The lowest BCUT2D eigenvalue weighted by Crippen LogP contribution is -2.10. The average molecular weight is 839 g/mol. The molecule has 12 aromatic carbocycles. The molecule has 13 rings (SSSR count). The van der Waals surface area contributed by atoms with E-state index in [-0.39, 0.29) is 0 Å². The third-order valence-electron chi connectivity index (χ3n) is 13.5. The van der Waals surface area contributed by atoms with Gasteiger partial charge >= 0.3 is 0 Å². The lowest BCUT2D eigenvalue weighted by atomic mass is 9.93. The number of aromatic nitrogens is 1. The van der Waals surface area contributed by atoms with Gasteiger partial charge in [-0.3, -0.25) is 0 Å². The summed E-state index contributed by atoms with van der Waals surface area (Å²) in [7, 11) is 0. The lowest BCUT2D eigenvalue weighted by molar-refractivity contribution is 1.18. The zero-order chi connectivity index (χ0) is 43.6. The van der Waals surface area contributed by atoms with Crippen molar-refractivity contribution in [3.63, 3.8) is 0 Å². The van der Waals surface area contributed by atoms with Crippen LogP contribution in [0.3, 0.4) is 0 Å². The molecule has 2 nitrogen and oxygen atoms in total. The lowest BCUT2D eigenvalue weighted by Gasteiger charge is -2.27. The summed E-state index contributed by atoms with van der Waals surface area (Å²) in [5.74, 6) is 0. The highest BCUT2D eigenvalue weighted by molar-refractivity contribution is 6.17. The summed E-state index contributed by atoms with van der Waals surface area (Å²) in [5.41, 5.74) is 14.0. The van der Waals surface area contributed by atoms with Crippen LogP contribution < -0.4 is 4.90 Å². The summed E-state index contributed by atoms with van der Waals surface area (Å²) in [4.78, 5) is 2.40. The van der Waals surface area contributed by atoms with Gasteiger partial charge in [0.05, 0.1) is 11.0 Å². The van der Waals surface area contributed by atoms with Crippen molar-refractivity contribution in [1.29, 1.82) is 0 Å². The van der Waals surface area contributed by atoms with Crippen LogP contribution in [0.5, 0.6) is 0 Å². The first kappa shape index (κ1) is 37.8. The van der Waals surface area contributed by atoms with E-state index in [1.807, 2.05) is 0 Å². The van der Waals surface area contributed by atoms with Crippen LogP contribution in [0.25, 0.3) is 104 Å². The molecule has 1 heterocycles. The van der Waals surface area contributed by atoms with Gasteiger partial charge in [0.2, 0.25) is 0 Å². The Hall–Kier alpha value is -8.72. The van der Waals surface area contributed by atoms with Crippen LogP contribution in [-0.4, -0.2) is 4.57 Å². The molecule has 0 unspecified atom stereocenters. The highest BCUT2D eigenvalue weighted by Gasteiger charge is 2.19. The molecular weight excluding hydrogens is 797 g/mol. The van der Waals surface area contributed by atoms with E-state index in [4.69, 9.17) is 0 Å². The molecule has 0 saturated carbocycles. The summed E-state index contributed by atoms with van der Waals surface area (Å²) in [5, 5.41) is 12.6. The maximum absolute atomic E-state index is 2.40. The Kier molecular flexibility index (Phi) is 8.89. The summed E-state index contributed by atoms with van der Waals surface area (Å²) < 4.78 is 2.39. The minimum absolute atomic E-state index is 1.09. The maximum atomic E-state index is 2.40. The van der Waals surface area contributed by atoms with Gasteiger partial charge in [0.25, 0.3) is 0 Å². The van der Waals surface area contributed by atoms with E-state index in [0.717, 1.165) is 28.3 Å². The summed E-state index contributed by atoms with van der Waals surface area (Å²) in [6.45, 7) is 0. The molecule has 2 heteroatoms. The molecule has 0 N–H and O–H groups in total. The van der Waals surface area contributed by atoms with Gasteiger partial charge in [0.15, 0.2) is 0 Å². The van der Waals surface area contributed by atoms with E-state index in [0.29, 0.717) is 0 Å². The molecule has 13 aromatic rings. The van der Waals surface area contributed by atoms with E-state index in [1.54, 1.807) is 0 Å².